The number of hydrogen-bond acceptors (Lipinski definition) is 1. The van der Waals surface area contributed by atoms with Gasteiger partial charge in [0.2, 0.25) is 0 Å². The highest BCUT2D eigenvalue weighted by molar-refractivity contribution is 7.00. The Morgan fingerprint density at radius 1 is 0.312 bits per heavy atom. The summed E-state index contributed by atoms with van der Waals surface area (Å²) < 4.78 is 5.22. The molecule has 0 N–H and O–H groups in total. The van der Waals surface area contributed by atoms with Crippen LogP contribution in [0.5, 0.6) is 0 Å². The fourth-order valence-electron chi connectivity index (χ4n) is 12.8. The summed E-state index contributed by atoms with van der Waals surface area (Å²) in [5.74, 6) is 0. The van der Waals surface area contributed by atoms with Crippen molar-refractivity contribution in [3.05, 3.63) is 242 Å². The Labute approximate surface area is 450 Å². The zero-order chi connectivity index (χ0) is 51.9. The topological polar surface area (TPSA) is 22.8 Å². The fourth-order valence-corrected chi connectivity index (χ4v) is 12.8. The lowest BCUT2D eigenvalue weighted by atomic mass is 9.34. The van der Waals surface area contributed by atoms with E-state index in [4.69, 9.17) is 4.98 Å². The highest BCUT2D eigenvalue weighted by Gasteiger charge is 2.42. The smallest absolute Gasteiger partial charge is 0.252 e. The number of nitrogens with zero attached hydrogens (tertiary/aromatic N) is 3. The van der Waals surface area contributed by atoms with Crippen molar-refractivity contribution in [1.29, 1.82) is 0 Å². The largest absolute Gasteiger partial charge is 0.310 e. The van der Waals surface area contributed by atoms with Crippen molar-refractivity contribution in [3.63, 3.8) is 0 Å². The predicted molar refractivity (Wildman–Crippen MR) is 328 cm³/mol. The highest BCUT2D eigenvalue weighted by atomic mass is 15.0. The summed E-state index contributed by atoms with van der Waals surface area (Å²) in [4.78, 5) is 5.67. The molecular weight excluding hydrogens is 930 g/mol. The van der Waals surface area contributed by atoms with Crippen LogP contribution in [-0.4, -0.2) is 20.8 Å². The number of benzene rings is 10. The minimum absolute atomic E-state index is 0.0267. The monoisotopic (exact) mass is 985 g/mol. The van der Waals surface area contributed by atoms with E-state index in [1.54, 1.807) is 0 Å². The second kappa shape index (κ2) is 16.8. The van der Waals surface area contributed by atoms with Crippen molar-refractivity contribution in [1.82, 2.24) is 14.1 Å². The summed E-state index contributed by atoms with van der Waals surface area (Å²) in [6.07, 6.45) is 0. The summed E-state index contributed by atoms with van der Waals surface area (Å²) in [5.41, 5.74) is 27.7. The molecular formula is C73H56BN3. The van der Waals surface area contributed by atoms with E-state index >= 15 is 0 Å². The molecule has 15 rings (SSSR count). The Morgan fingerprint density at radius 2 is 0.688 bits per heavy atom. The van der Waals surface area contributed by atoms with E-state index in [0.717, 1.165) is 22.5 Å². The number of fused-ring (bicyclic) bond motifs is 10. The van der Waals surface area contributed by atoms with Crippen molar-refractivity contribution in [2.75, 3.05) is 0 Å². The molecule has 10 aromatic carbocycles. The van der Waals surface area contributed by atoms with Gasteiger partial charge in [-0.25, -0.2) is 4.98 Å². The average molecular weight is 986 g/mol. The van der Waals surface area contributed by atoms with Crippen LogP contribution in [0.15, 0.2) is 231 Å². The molecule has 4 heteroatoms. The van der Waals surface area contributed by atoms with Gasteiger partial charge in [-0.1, -0.05) is 199 Å². The number of hydrogen-bond donors (Lipinski definition) is 0. The summed E-state index contributed by atoms with van der Waals surface area (Å²) in [7, 11) is 0. The minimum atomic E-state index is -0.0857. The summed E-state index contributed by atoms with van der Waals surface area (Å²) in [6.45, 7) is 13.8. The molecule has 0 aliphatic carbocycles. The van der Waals surface area contributed by atoms with Crippen LogP contribution in [-0.2, 0) is 10.8 Å². The summed E-state index contributed by atoms with van der Waals surface area (Å²) >= 11 is 0. The van der Waals surface area contributed by atoms with Crippen LogP contribution in [0, 0.1) is 0 Å². The lowest BCUT2D eigenvalue weighted by molar-refractivity contribution is 0.569. The molecule has 0 fully saturated rings. The first-order chi connectivity index (χ1) is 37.4. The summed E-state index contributed by atoms with van der Waals surface area (Å²) in [5, 5.41) is 5.00. The van der Waals surface area contributed by atoms with E-state index in [-0.39, 0.29) is 17.5 Å². The molecule has 366 valence electrons. The van der Waals surface area contributed by atoms with Gasteiger partial charge in [0, 0.05) is 55.1 Å². The lowest BCUT2D eigenvalue weighted by Gasteiger charge is -2.34. The van der Waals surface area contributed by atoms with E-state index in [9.17, 15) is 0 Å². The van der Waals surface area contributed by atoms with Crippen molar-refractivity contribution < 1.29 is 0 Å². The Kier molecular flexibility index (Phi) is 9.88. The molecule has 2 aliphatic heterocycles. The molecule has 77 heavy (non-hydrogen) atoms. The molecule has 2 aliphatic rings. The molecule has 0 saturated carbocycles. The van der Waals surface area contributed by atoms with E-state index < -0.39 is 0 Å². The van der Waals surface area contributed by atoms with Gasteiger partial charge in [0.25, 0.3) is 6.71 Å². The highest BCUT2D eigenvalue weighted by Crippen LogP contribution is 2.45. The van der Waals surface area contributed by atoms with Crippen molar-refractivity contribution in [2.45, 2.75) is 52.4 Å². The maximum atomic E-state index is 5.67. The van der Waals surface area contributed by atoms with Gasteiger partial charge in [-0.05, 0) is 156 Å². The van der Waals surface area contributed by atoms with Crippen LogP contribution in [0.3, 0.4) is 0 Å². The lowest BCUT2D eigenvalue weighted by Crippen LogP contribution is -2.59. The number of aromatic nitrogens is 3. The number of pyridine rings is 1. The van der Waals surface area contributed by atoms with E-state index in [1.165, 1.54) is 127 Å². The van der Waals surface area contributed by atoms with Gasteiger partial charge in [-0.15, -0.1) is 0 Å². The Morgan fingerprint density at radius 3 is 1.09 bits per heavy atom. The van der Waals surface area contributed by atoms with E-state index in [1.807, 2.05) is 0 Å². The van der Waals surface area contributed by atoms with Crippen molar-refractivity contribution in [2.24, 2.45) is 0 Å². The molecule has 0 spiro atoms. The van der Waals surface area contributed by atoms with E-state index in [2.05, 4.69) is 281 Å². The molecule has 0 saturated heterocycles. The maximum absolute atomic E-state index is 5.67. The van der Waals surface area contributed by atoms with E-state index in [0.29, 0.717) is 0 Å². The molecule has 5 heterocycles. The third-order valence-corrected chi connectivity index (χ3v) is 16.7. The maximum Gasteiger partial charge on any atom is 0.252 e. The molecule has 13 aromatic rings. The number of rotatable bonds is 6. The molecule has 0 bridgehead atoms. The minimum Gasteiger partial charge on any atom is -0.310 e. The van der Waals surface area contributed by atoms with Gasteiger partial charge >= 0.3 is 0 Å². The van der Waals surface area contributed by atoms with Gasteiger partial charge in [-0.2, -0.15) is 0 Å². The summed E-state index contributed by atoms with van der Waals surface area (Å²) in [6, 6.07) is 86.5. The fraction of sp³-hybridized carbons (Fsp3) is 0.110. The van der Waals surface area contributed by atoms with Crippen LogP contribution >= 0.6 is 0 Å². The van der Waals surface area contributed by atoms with Crippen LogP contribution in [0.1, 0.15) is 52.7 Å². The van der Waals surface area contributed by atoms with Gasteiger partial charge in [-0.3, -0.25) is 0 Å². The van der Waals surface area contributed by atoms with Crippen molar-refractivity contribution >= 4 is 66.7 Å². The van der Waals surface area contributed by atoms with Crippen LogP contribution in [0.25, 0.3) is 122 Å². The third-order valence-electron chi connectivity index (χ3n) is 16.7. The van der Waals surface area contributed by atoms with Gasteiger partial charge in [0.15, 0.2) is 0 Å². The predicted octanol–water partition coefficient (Wildman–Crippen LogP) is 17.0. The van der Waals surface area contributed by atoms with Crippen LogP contribution in [0.4, 0.5) is 0 Å². The first kappa shape index (κ1) is 45.4. The third kappa shape index (κ3) is 7.15. The molecule has 0 amide bonds. The first-order valence-electron chi connectivity index (χ1n) is 27.2. The Bertz CT molecular complexity index is 4290. The van der Waals surface area contributed by atoms with Crippen molar-refractivity contribution in [3.8, 4) is 78.4 Å². The SMILES string of the molecule is CC(C)(C)c1cc(-c2cccc(-c3cc4c5c(c3)-n3c6ccc(-c7ccccc7)cc6c6cc(-c7ccccc7)cc(c63)B5c3cc(-c5ccccc5)cc5c6cc(-c7ccccc7)ccc6n-4c35)n2)cc(C(C)(C)C)c1. The molecule has 3 aromatic heterocycles. The van der Waals surface area contributed by atoms with Gasteiger partial charge < -0.3 is 9.13 Å². The van der Waals surface area contributed by atoms with Gasteiger partial charge in [0.05, 0.1) is 22.4 Å². The average Bonchev–Trinajstić information content (AvgIpc) is 3.64. The molecule has 0 radical (unpaired) electrons. The molecule has 0 unspecified atom stereocenters. The van der Waals surface area contributed by atoms with Gasteiger partial charge in [0.1, 0.15) is 0 Å². The second-order valence-corrected chi connectivity index (χ2v) is 23.6. The Hall–Kier alpha value is -8.99. The zero-order valence-electron chi connectivity index (χ0n) is 44.4. The molecule has 3 nitrogen and oxygen atoms in total. The van der Waals surface area contributed by atoms with Crippen LogP contribution < -0.4 is 16.4 Å². The second-order valence-electron chi connectivity index (χ2n) is 23.6. The normalized spacial score (nSPS) is 12.8. The zero-order valence-corrected chi connectivity index (χ0v) is 44.4. The first-order valence-corrected chi connectivity index (χ1v) is 27.2. The quantitative estimate of drug-likeness (QED) is 0.152. The molecule has 0 atom stereocenters. The van der Waals surface area contributed by atoms with Crippen LogP contribution in [0.2, 0.25) is 0 Å². The standard InChI is InChI=1S/C73H56BN3/c1-72(2,3)55-34-53(35-56(44-55)73(4,5)6)63-28-19-29-64(75-63)54-42-67-69-68(43-54)77-66-33-31-50(46-22-13-8-14-23-46)37-58(66)60-39-52(48-26-17-10-18-27-48)41-62(71(60)77)74(69)61-40-51(47-24-15-9-16-25-47)38-59-57-36-49(45-20-11-7-12-21-45)30-32-65(57)76(67)70(59)61/h7-44H,1-6H3. The Balaban J connectivity index is 1.08.